The number of aromatic nitrogens is 1. The second kappa shape index (κ2) is 6.20. The summed E-state index contributed by atoms with van der Waals surface area (Å²) in [4.78, 5) is 4.35. The molecule has 1 N–H and O–H groups in total. The van der Waals surface area contributed by atoms with E-state index in [-0.39, 0.29) is 0 Å². The minimum absolute atomic E-state index is 0.604. The maximum Gasteiger partial charge on any atom is 0.181 e. The molecule has 0 unspecified atom stereocenters. The predicted octanol–water partition coefficient (Wildman–Crippen LogP) is 3.47. The van der Waals surface area contributed by atoms with E-state index >= 15 is 0 Å². The van der Waals surface area contributed by atoms with Crippen molar-refractivity contribution in [3.63, 3.8) is 0 Å². The molecule has 3 heteroatoms. The van der Waals surface area contributed by atoms with Crippen LogP contribution in [-0.4, -0.2) is 11.5 Å². The van der Waals surface area contributed by atoms with Crippen LogP contribution >= 0.6 is 0 Å². The Morgan fingerprint density at radius 2 is 2.12 bits per heavy atom. The number of hydrogen-bond acceptors (Lipinski definition) is 3. The van der Waals surface area contributed by atoms with Crippen molar-refractivity contribution < 1.29 is 4.42 Å². The van der Waals surface area contributed by atoms with Gasteiger partial charge in [0.15, 0.2) is 6.39 Å². The fraction of sp³-hybridized carbons (Fsp3) is 0.786. The maximum atomic E-state index is 5.62. The van der Waals surface area contributed by atoms with Crippen molar-refractivity contribution in [2.75, 3.05) is 6.54 Å². The molecule has 3 nitrogen and oxygen atoms in total. The SMILES string of the molecule is CCCNCc1ncoc1C1CCC(C)CC1. The number of nitrogens with one attached hydrogen (secondary N) is 1. The fourth-order valence-electron chi connectivity index (χ4n) is 2.65. The molecule has 1 aromatic heterocycles. The number of rotatable bonds is 5. The summed E-state index contributed by atoms with van der Waals surface area (Å²) < 4.78 is 5.62. The lowest BCUT2D eigenvalue weighted by atomic mass is 9.81. The smallest absolute Gasteiger partial charge is 0.181 e. The lowest BCUT2D eigenvalue weighted by Crippen LogP contribution is -2.17. The third-order valence-electron chi connectivity index (χ3n) is 3.78. The first-order valence-electron chi connectivity index (χ1n) is 6.94. The second-order valence-electron chi connectivity index (χ2n) is 5.30. The first kappa shape index (κ1) is 12.6. The highest BCUT2D eigenvalue weighted by atomic mass is 16.3. The quantitative estimate of drug-likeness (QED) is 0.795. The van der Waals surface area contributed by atoms with Gasteiger partial charge in [0.05, 0.1) is 5.69 Å². The summed E-state index contributed by atoms with van der Waals surface area (Å²) in [5.74, 6) is 2.63. The molecule has 1 aliphatic carbocycles. The maximum absolute atomic E-state index is 5.62. The summed E-state index contributed by atoms with van der Waals surface area (Å²) >= 11 is 0. The molecule has 17 heavy (non-hydrogen) atoms. The van der Waals surface area contributed by atoms with Crippen LogP contribution in [0.1, 0.15) is 63.3 Å². The molecular formula is C14H24N2O. The van der Waals surface area contributed by atoms with Gasteiger partial charge in [-0.3, -0.25) is 0 Å². The molecule has 0 saturated heterocycles. The van der Waals surface area contributed by atoms with Crippen molar-refractivity contribution in [1.82, 2.24) is 10.3 Å². The van der Waals surface area contributed by atoms with Crippen LogP contribution in [0.2, 0.25) is 0 Å². The Labute approximate surface area is 104 Å². The summed E-state index contributed by atoms with van der Waals surface area (Å²) in [6, 6.07) is 0. The van der Waals surface area contributed by atoms with Crippen LogP contribution in [-0.2, 0) is 6.54 Å². The Morgan fingerprint density at radius 1 is 1.35 bits per heavy atom. The third-order valence-corrected chi connectivity index (χ3v) is 3.78. The van der Waals surface area contributed by atoms with E-state index in [9.17, 15) is 0 Å². The Hall–Kier alpha value is -0.830. The van der Waals surface area contributed by atoms with E-state index in [4.69, 9.17) is 4.42 Å². The first-order valence-corrected chi connectivity index (χ1v) is 6.94. The Bertz CT molecular complexity index is 327. The minimum Gasteiger partial charge on any atom is -0.448 e. The number of hydrogen-bond donors (Lipinski definition) is 1. The summed E-state index contributed by atoms with van der Waals surface area (Å²) in [6.07, 6.45) is 7.94. The van der Waals surface area contributed by atoms with E-state index < -0.39 is 0 Å². The molecule has 1 aromatic rings. The average molecular weight is 236 g/mol. The van der Waals surface area contributed by atoms with Crippen LogP contribution in [0.25, 0.3) is 0 Å². The molecule has 0 radical (unpaired) electrons. The molecule has 0 amide bonds. The minimum atomic E-state index is 0.604. The molecule has 0 atom stereocenters. The largest absolute Gasteiger partial charge is 0.448 e. The van der Waals surface area contributed by atoms with Gasteiger partial charge < -0.3 is 9.73 Å². The lowest BCUT2D eigenvalue weighted by Gasteiger charge is -2.25. The Kier molecular flexibility index (Phi) is 4.60. The number of nitrogens with zero attached hydrogens (tertiary/aromatic N) is 1. The zero-order valence-corrected chi connectivity index (χ0v) is 11.0. The standard InChI is InChI=1S/C14H24N2O/c1-3-8-15-9-13-14(17-10-16-13)12-6-4-11(2)5-7-12/h10-12,15H,3-9H2,1-2H3. The van der Waals surface area contributed by atoms with Crippen LogP contribution < -0.4 is 5.32 Å². The Morgan fingerprint density at radius 3 is 2.82 bits per heavy atom. The molecule has 0 spiro atoms. The highest BCUT2D eigenvalue weighted by Crippen LogP contribution is 2.36. The van der Waals surface area contributed by atoms with Crippen molar-refractivity contribution in [2.45, 2.75) is 58.4 Å². The van der Waals surface area contributed by atoms with Gasteiger partial charge in [-0.25, -0.2) is 4.98 Å². The predicted molar refractivity (Wildman–Crippen MR) is 68.9 cm³/mol. The lowest BCUT2D eigenvalue weighted by molar-refractivity contribution is 0.312. The van der Waals surface area contributed by atoms with Gasteiger partial charge in [0.2, 0.25) is 0 Å². The van der Waals surface area contributed by atoms with Crippen LogP contribution in [0.4, 0.5) is 0 Å². The highest BCUT2D eigenvalue weighted by molar-refractivity contribution is 5.13. The average Bonchev–Trinajstić information content (AvgIpc) is 2.79. The Balaban J connectivity index is 1.93. The van der Waals surface area contributed by atoms with E-state index in [1.165, 1.54) is 25.7 Å². The van der Waals surface area contributed by atoms with Crippen LogP contribution in [0.5, 0.6) is 0 Å². The zero-order chi connectivity index (χ0) is 12.1. The first-order chi connectivity index (χ1) is 8.31. The van der Waals surface area contributed by atoms with Gasteiger partial charge >= 0.3 is 0 Å². The zero-order valence-electron chi connectivity index (χ0n) is 11.0. The van der Waals surface area contributed by atoms with Crippen molar-refractivity contribution in [1.29, 1.82) is 0 Å². The van der Waals surface area contributed by atoms with Gasteiger partial charge in [0, 0.05) is 12.5 Å². The van der Waals surface area contributed by atoms with E-state index in [2.05, 4.69) is 24.1 Å². The van der Waals surface area contributed by atoms with E-state index in [1.54, 1.807) is 6.39 Å². The molecule has 0 aliphatic heterocycles. The summed E-state index contributed by atoms with van der Waals surface area (Å²) in [6.45, 7) is 6.43. The van der Waals surface area contributed by atoms with Gasteiger partial charge in [0.25, 0.3) is 0 Å². The molecule has 2 rings (SSSR count). The van der Waals surface area contributed by atoms with Crippen molar-refractivity contribution in [2.24, 2.45) is 5.92 Å². The normalized spacial score (nSPS) is 25.1. The summed E-state index contributed by atoms with van der Waals surface area (Å²) in [7, 11) is 0. The van der Waals surface area contributed by atoms with Crippen molar-refractivity contribution in [3.05, 3.63) is 17.8 Å². The molecule has 1 heterocycles. The van der Waals surface area contributed by atoms with Gasteiger partial charge in [-0.2, -0.15) is 0 Å². The van der Waals surface area contributed by atoms with Gasteiger partial charge in [-0.05, 0) is 31.7 Å². The van der Waals surface area contributed by atoms with Crippen LogP contribution in [0, 0.1) is 5.92 Å². The topological polar surface area (TPSA) is 38.1 Å². The van der Waals surface area contributed by atoms with Crippen molar-refractivity contribution in [3.8, 4) is 0 Å². The fourth-order valence-corrected chi connectivity index (χ4v) is 2.65. The van der Waals surface area contributed by atoms with E-state index in [1.807, 2.05) is 0 Å². The highest BCUT2D eigenvalue weighted by Gasteiger charge is 2.24. The third kappa shape index (κ3) is 3.32. The summed E-state index contributed by atoms with van der Waals surface area (Å²) in [5.41, 5.74) is 1.12. The van der Waals surface area contributed by atoms with Gasteiger partial charge in [0.1, 0.15) is 5.76 Å². The van der Waals surface area contributed by atoms with E-state index in [0.29, 0.717) is 5.92 Å². The molecule has 1 aliphatic rings. The molecule has 1 fully saturated rings. The molecule has 0 aromatic carbocycles. The molecule has 0 bridgehead atoms. The van der Waals surface area contributed by atoms with Gasteiger partial charge in [-0.15, -0.1) is 0 Å². The van der Waals surface area contributed by atoms with Crippen LogP contribution in [0.3, 0.4) is 0 Å². The summed E-state index contributed by atoms with van der Waals surface area (Å²) in [5, 5.41) is 3.40. The van der Waals surface area contributed by atoms with E-state index in [0.717, 1.165) is 36.9 Å². The monoisotopic (exact) mass is 236 g/mol. The van der Waals surface area contributed by atoms with Crippen LogP contribution in [0.15, 0.2) is 10.8 Å². The second-order valence-corrected chi connectivity index (χ2v) is 5.30. The molecule has 1 saturated carbocycles. The van der Waals surface area contributed by atoms with Gasteiger partial charge in [-0.1, -0.05) is 26.7 Å². The molecule has 96 valence electrons. The molecular weight excluding hydrogens is 212 g/mol. The number of oxazole rings is 1. The van der Waals surface area contributed by atoms with Crippen molar-refractivity contribution >= 4 is 0 Å².